The molecule has 1 aliphatic rings. The van der Waals surface area contributed by atoms with Gasteiger partial charge in [0, 0.05) is 24.7 Å². The first-order valence-corrected chi connectivity index (χ1v) is 7.71. The van der Waals surface area contributed by atoms with Crippen molar-refractivity contribution in [2.24, 2.45) is 5.92 Å². The van der Waals surface area contributed by atoms with E-state index in [2.05, 4.69) is 5.32 Å². The second kappa shape index (κ2) is 6.92. The average molecular weight is 304 g/mol. The van der Waals surface area contributed by atoms with E-state index in [9.17, 15) is 9.59 Å². The van der Waals surface area contributed by atoms with Gasteiger partial charge in [0.2, 0.25) is 11.8 Å². The summed E-state index contributed by atoms with van der Waals surface area (Å²) in [5, 5.41) is 11.8. The molecule has 0 aliphatic carbocycles. The van der Waals surface area contributed by atoms with Gasteiger partial charge in [-0.2, -0.15) is 0 Å². The smallest absolute Gasteiger partial charge is 0.227 e. The number of aliphatic hydroxyl groups is 1. The Labute approximate surface area is 131 Å². The first-order valence-electron chi connectivity index (χ1n) is 7.71. The molecule has 2 N–H and O–H groups in total. The van der Waals surface area contributed by atoms with E-state index in [0.29, 0.717) is 19.4 Å². The Morgan fingerprint density at radius 2 is 2.14 bits per heavy atom. The lowest BCUT2D eigenvalue weighted by Crippen LogP contribution is -2.48. The van der Waals surface area contributed by atoms with E-state index in [-0.39, 0.29) is 30.4 Å². The summed E-state index contributed by atoms with van der Waals surface area (Å²) in [6.07, 6.45) is 0.933. The van der Waals surface area contributed by atoms with Gasteiger partial charge in [-0.05, 0) is 50.5 Å². The molecular formula is C17H24N2O3. The summed E-state index contributed by atoms with van der Waals surface area (Å²) in [5.74, 6) is -0.265. The third-order valence-electron chi connectivity index (χ3n) is 4.25. The number of anilines is 1. The SMILES string of the molecule is Cc1ccc(N2CC(C(=O)NC(C)CO)CCC2=O)cc1C. The highest BCUT2D eigenvalue weighted by Gasteiger charge is 2.31. The number of hydrogen-bond acceptors (Lipinski definition) is 3. The van der Waals surface area contributed by atoms with Gasteiger partial charge in [-0.3, -0.25) is 9.59 Å². The minimum absolute atomic E-state index is 0.0579. The van der Waals surface area contributed by atoms with E-state index >= 15 is 0 Å². The maximum atomic E-state index is 12.2. The van der Waals surface area contributed by atoms with Crippen molar-refractivity contribution in [1.29, 1.82) is 0 Å². The van der Waals surface area contributed by atoms with Crippen LogP contribution in [0.4, 0.5) is 5.69 Å². The highest BCUT2D eigenvalue weighted by Crippen LogP contribution is 2.26. The van der Waals surface area contributed by atoms with Gasteiger partial charge in [0.25, 0.3) is 0 Å². The van der Waals surface area contributed by atoms with Crippen molar-refractivity contribution in [3.63, 3.8) is 0 Å². The number of aryl methyl sites for hydroxylation is 2. The Morgan fingerprint density at radius 1 is 1.41 bits per heavy atom. The van der Waals surface area contributed by atoms with E-state index < -0.39 is 0 Å². The minimum Gasteiger partial charge on any atom is -0.394 e. The standard InChI is InChI=1S/C17H24N2O3/c1-11-4-6-15(8-12(11)2)19-9-14(5-7-16(19)21)17(22)18-13(3)10-20/h4,6,8,13-14,20H,5,7,9-10H2,1-3H3,(H,18,22). The Morgan fingerprint density at radius 3 is 2.77 bits per heavy atom. The van der Waals surface area contributed by atoms with Crippen molar-refractivity contribution in [2.75, 3.05) is 18.1 Å². The summed E-state index contributed by atoms with van der Waals surface area (Å²) in [5.41, 5.74) is 3.16. The molecule has 5 nitrogen and oxygen atoms in total. The highest BCUT2D eigenvalue weighted by atomic mass is 16.3. The first kappa shape index (κ1) is 16.5. The zero-order chi connectivity index (χ0) is 16.3. The lowest BCUT2D eigenvalue weighted by molar-refractivity contribution is -0.128. The fourth-order valence-corrected chi connectivity index (χ4v) is 2.61. The van der Waals surface area contributed by atoms with Gasteiger partial charge in [-0.15, -0.1) is 0 Å². The predicted molar refractivity (Wildman–Crippen MR) is 85.7 cm³/mol. The van der Waals surface area contributed by atoms with Crippen LogP contribution < -0.4 is 10.2 Å². The molecule has 1 heterocycles. The van der Waals surface area contributed by atoms with Gasteiger partial charge >= 0.3 is 0 Å². The number of nitrogens with one attached hydrogen (secondary N) is 1. The van der Waals surface area contributed by atoms with Crippen molar-refractivity contribution in [1.82, 2.24) is 5.32 Å². The van der Waals surface area contributed by atoms with Crippen LogP contribution in [0.15, 0.2) is 18.2 Å². The molecule has 2 rings (SSSR count). The molecule has 22 heavy (non-hydrogen) atoms. The quantitative estimate of drug-likeness (QED) is 0.886. The molecule has 2 unspecified atom stereocenters. The second-order valence-electron chi connectivity index (χ2n) is 6.10. The summed E-state index contributed by atoms with van der Waals surface area (Å²) < 4.78 is 0. The van der Waals surface area contributed by atoms with Crippen LogP contribution in [0.3, 0.4) is 0 Å². The molecule has 0 spiro atoms. The summed E-state index contributed by atoms with van der Waals surface area (Å²) >= 11 is 0. The third kappa shape index (κ3) is 3.65. The lowest BCUT2D eigenvalue weighted by Gasteiger charge is -2.32. The number of carbonyl (C=O) groups is 2. The van der Waals surface area contributed by atoms with E-state index in [1.807, 2.05) is 32.0 Å². The van der Waals surface area contributed by atoms with Gasteiger partial charge in [0.15, 0.2) is 0 Å². The highest BCUT2D eigenvalue weighted by molar-refractivity contribution is 5.96. The van der Waals surface area contributed by atoms with Gasteiger partial charge < -0.3 is 15.3 Å². The summed E-state index contributed by atoms with van der Waals surface area (Å²) in [6.45, 7) is 6.11. The molecule has 1 aromatic rings. The van der Waals surface area contributed by atoms with Gasteiger partial charge in [0.05, 0.1) is 12.5 Å². The van der Waals surface area contributed by atoms with Crippen molar-refractivity contribution >= 4 is 17.5 Å². The first-order chi connectivity index (χ1) is 10.4. The molecule has 120 valence electrons. The Hall–Kier alpha value is -1.88. The number of benzene rings is 1. The van der Waals surface area contributed by atoms with E-state index in [1.54, 1.807) is 11.8 Å². The average Bonchev–Trinajstić information content (AvgIpc) is 2.50. The molecular weight excluding hydrogens is 280 g/mol. The van der Waals surface area contributed by atoms with Crippen LogP contribution in [0.25, 0.3) is 0 Å². The van der Waals surface area contributed by atoms with E-state index in [1.165, 1.54) is 5.56 Å². The molecule has 1 aliphatic heterocycles. The molecule has 2 atom stereocenters. The third-order valence-corrected chi connectivity index (χ3v) is 4.25. The Bertz CT molecular complexity index is 571. The van der Waals surface area contributed by atoms with E-state index in [4.69, 9.17) is 5.11 Å². The number of hydrogen-bond donors (Lipinski definition) is 2. The largest absolute Gasteiger partial charge is 0.394 e. The maximum absolute atomic E-state index is 12.2. The molecule has 0 radical (unpaired) electrons. The number of aliphatic hydroxyl groups excluding tert-OH is 1. The second-order valence-corrected chi connectivity index (χ2v) is 6.10. The van der Waals surface area contributed by atoms with Gasteiger partial charge in [-0.25, -0.2) is 0 Å². The zero-order valence-corrected chi connectivity index (χ0v) is 13.4. The summed E-state index contributed by atoms with van der Waals surface area (Å²) in [7, 11) is 0. The number of nitrogens with zero attached hydrogens (tertiary/aromatic N) is 1. The van der Waals surface area contributed by atoms with Crippen molar-refractivity contribution in [2.45, 2.75) is 39.7 Å². The van der Waals surface area contributed by atoms with Crippen molar-refractivity contribution < 1.29 is 14.7 Å². The van der Waals surface area contributed by atoms with Gasteiger partial charge in [0.1, 0.15) is 0 Å². The van der Waals surface area contributed by atoms with Crippen molar-refractivity contribution in [3.05, 3.63) is 29.3 Å². The number of rotatable bonds is 4. The normalized spacial score (nSPS) is 19.9. The predicted octanol–water partition coefficient (Wildman–Crippen LogP) is 1.54. The number of carbonyl (C=O) groups excluding carboxylic acids is 2. The summed E-state index contributed by atoms with van der Waals surface area (Å²) in [4.78, 5) is 26.1. The van der Waals surface area contributed by atoms with Crippen molar-refractivity contribution in [3.8, 4) is 0 Å². The molecule has 5 heteroatoms. The van der Waals surface area contributed by atoms with Crippen LogP contribution in [-0.2, 0) is 9.59 Å². The molecule has 0 aromatic heterocycles. The van der Waals surface area contributed by atoms with Gasteiger partial charge in [-0.1, -0.05) is 6.07 Å². The van der Waals surface area contributed by atoms with E-state index in [0.717, 1.165) is 11.3 Å². The van der Waals surface area contributed by atoms with Crippen LogP contribution in [0, 0.1) is 19.8 Å². The monoisotopic (exact) mass is 304 g/mol. The Kier molecular flexibility index (Phi) is 5.19. The zero-order valence-electron chi connectivity index (χ0n) is 13.4. The molecule has 1 saturated heterocycles. The number of piperidine rings is 1. The molecule has 1 fully saturated rings. The van der Waals surface area contributed by atoms with Crippen LogP contribution in [-0.4, -0.2) is 36.1 Å². The minimum atomic E-state index is -0.264. The Balaban J connectivity index is 2.12. The fourth-order valence-electron chi connectivity index (χ4n) is 2.61. The summed E-state index contributed by atoms with van der Waals surface area (Å²) in [6, 6.07) is 5.65. The van der Waals surface area contributed by atoms with Crippen LogP contribution in [0.2, 0.25) is 0 Å². The lowest BCUT2D eigenvalue weighted by atomic mass is 9.95. The molecule has 0 saturated carbocycles. The number of amides is 2. The topological polar surface area (TPSA) is 69.6 Å². The van der Waals surface area contributed by atoms with Crippen LogP contribution in [0.1, 0.15) is 30.9 Å². The molecule has 2 amide bonds. The fraction of sp³-hybridized carbons (Fsp3) is 0.529. The molecule has 0 bridgehead atoms. The van der Waals surface area contributed by atoms with Crippen LogP contribution in [0.5, 0.6) is 0 Å². The molecule has 1 aromatic carbocycles. The van der Waals surface area contributed by atoms with Crippen LogP contribution >= 0.6 is 0 Å². The maximum Gasteiger partial charge on any atom is 0.227 e.